The Morgan fingerprint density at radius 2 is 1.19 bits per heavy atom. The van der Waals surface area contributed by atoms with E-state index in [2.05, 4.69) is 151 Å². The van der Waals surface area contributed by atoms with Crippen LogP contribution in [-0.4, -0.2) is 9.97 Å². The van der Waals surface area contributed by atoms with Crippen LogP contribution in [0.3, 0.4) is 0 Å². The molecule has 1 radical (unpaired) electrons. The zero-order valence-corrected chi connectivity index (χ0v) is 31.2. The van der Waals surface area contributed by atoms with Crippen molar-refractivity contribution in [1.29, 1.82) is 5.26 Å². The van der Waals surface area contributed by atoms with E-state index < -0.39 is 0 Å². The molecule has 251 valence electrons. The SMILES string of the molecule is CC1(C)c2c(-c3cc(C#N)ccn3)[c-]ccc2-c2ccc3ccccc3c21.[Ir].[c-]1ccc(-c2ccccc2)cc1-c1cc(-c2ccccc2)ccn1. The molecule has 0 N–H and O–H groups in total. The van der Waals surface area contributed by atoms with Crippen molar-refractivity contribution in [3.63, 3.8) is 0 Å². The Morgan fingerprint density at radius 3 is 1.94 bits per heavy atom. The summed E-state index contributed by atoms with van der Waals surface area (Å²) < 4.78 is 0. The molecule has 0 bridgehead atoms. The van der Waals surface area contributed by atoms with Crippen molar-refractivity contribution in [2.45, 2.75) is 19.3 Å². The van der Waals surface area contributed by atoms with E-state index in [0.717, 1.165) is 22.5 Å². The molecule has 0 fully saturated rings. The van der Waals surface area contributed by atoms with Crippen LogP contribution in [0.4, 0.5) is 0 Å². The first-order chi connectivity index (χ1) is 25.0. The Kier molecular flexibility index (Phi) is 9.75. The maximum Gasteiger partial charge on any atom is 0.0984 e. The van der Waals surface area contributed by atoms with Crippen LogP contribution in [0.2, 0.25) is 0 Å². The molecule has 1 aliphatic carbocycles. The van der Waals surface area contributed by atoms with Crippen molar-refractivity contribution in [1.82, 2.24) is 9.97 Å². The molecular formula is C48H33IrN3-2. The molecule has 0 saturated carbocycles. The van der Waals surface area contributed by atoms with Crippen molar-refractivity contribution < 1.29 is 20.1 Å². The monoisotopic (exact) mass is 844 g/mol. The van der Waals surface area contributed by atoms with Gasteiger partial charge >= 0.3 is 0 Å². The average molecular weight is 844 g/mol. The average Bonchev–Trinajstić information content (AvgIpc) is 3.45. The fraction of sp³-hybridized carbons (Fsp3) is 0.0625. The predicted octanol–water partition coefficient (Wildman–Crippen LogP) is 11.8. The summed E-state index contributed by atoms with van der Waals surface area (Å²) in [6.45, 7) is 4.55. The Morgan fingerprint density at radius 1 is 0.558 bits per heavy atom. The second-order valence-corrected chi connectivity index (χ2v) is 13.2. The van der Waals surface area contributed by atoms with Gasteiger partial charge in [-0.05, 0) is 67.5 Å². The van der Waals surface area contributed by atoms with E-state index in [9.17, 15) is 5.26 Å². The summed E-state index contributed by atoms with van der Waals surface area (Å²) in [7, 11) is 0. The van der Waals surface area contributed by atoms with Gasteiger partial charge in [0.25, 0.3) is 0 Å². The number of rotatable bonds is 4. The normalized spacial score (nSPS) is 12.0. The number of hydrogen-bond acceptors (Lipinski definition) is 3. The second kappa shape index (κ2) is 14.7. The van der Waals surface area contributed by atoms with E-state index in [-0.39, 0.29) is 25.5 Å². The molecular weight excluding hydrogens is 811 g/mol. The summed E-state index contributed by atoms with van der Waals surface area (Å²) in [5.41, 5.74) is 14.0. The Balaban J connectivity index is 0.000000160. The molecule has 2 aromatic heterocycles. The summed E-state index contributed by atoms with van der Waals surface area (Å²) >= 11 is 0. The Labute approximate surface area is 318 Å². The first-order valence-electron chi connectivity index (χ1n) is 17.0. The van der Waals surface area contributed by atoms with E-state index >= 15 is 0 Å². The van der Waals surface area contributed by atoms with Crippen molar-refractivity contribution in [2.24, 2.45) is 0 Å². The van der Waals surface area contributed by atoms with Crippen LogP contribution in [0.25, 0.3) is 66.7 Å². The summed E-state index contributed by atoms with van der Waals surface area (Å²) in [5, 5.41) is 11.8. The zero-order chi connectivity index (χ0) is 34.8. The summed E-state index contributed by atoms with van der Waals surface area (Å²) in [6, 6.07) is 60.7. The minimum atomic E-state index is -0.178. The van der Waals surface area contributed by atoms with Crippen LogP contribution in [0.5, 0.6) is 0 Å². The Hall–Kier alpha value is -5.98. The first-order valence-corrected chi connectivity index (χ1v) is 17.0. The van der Waals surface area contributed by atoms with Crippen molar-refractivity contribution in [3.8, 4) is 62.0 Å². The van der Waals surface area contributed by atoms with Crippen molar-refractivity contribution in [3.05, 3.63) is 193 Å². The third-order valence-electron chi connectivity index (χ3n) is 9.66. The van der Waals surface area contributed by atoms with Gasteiger partial charge in [-0.15, -0.1) is 64.7 Å². The summed E-state index contributed by atoms with van der Waals surface area (Å²) in [5.74, 6) is 0. The van der Waals surface area contributed by atoms with Crippen molar-refractivity contribution in [2.75, 3.05) is 0 Å². The minimum Gasteiger partial charge on any atom is -0.305 e. The predicted molar refractivity (Wildman–Crippen MR) is 208 cm³/mol. The topological polar surface area (TPSA) is 49.6 Å². The molecule has 0 aliphatic heterocycles. The van der Waals surface area contributed by atoms with Crippen LogP contribution < -0.4 is 0 Å². The van der Waals surface area contributed by atoms with Gasteiger partial charge in [0.05, 0.1) is 6.07 Å². The van der Waals surface area contributed by atoms with Gasteiger partial charge in [0.15, 0.2) is 0 Å². The number of nitriles is 1. The largest absolute Gasteiger partial charge is 0.305 e. The van der Waals surface area contributed by atoms with Crippen LogP contribution in [0.15, 0.2) is 164 Å². The fourth-order valence-corrected chi connectivity index (χ4v) is 7.32. The molecule has 0 unspecified atom stereocenters. The van der Waals surface area contributed by atoms with Gasteiger partial charge in [-0.3, -0.25) is 0 Å². The van der Waals surface area contributed by atoms with Gasteiger partial charge in [-0.25, -0.2) is 0 Å². The molecule has 9 rings (SSSR count). The molecule has 0 amide bonds. The molecule has 2 heterocycles. The zero-order valence-electron chi connectivity index (χ0n) is 28.8. The maximum absolute atomic E-state index is 9.28. The van der Waals surface area contributed by atoms with E-state index in [1.165, 1.54) is 55.3 Å². The van der Waals surface area contributed by atoms with Gasteiger partial charge < -0.3 is 9.97 Å². The first kappa shape index (κ1) is 34.5. The molecule has 1 aliphatic rings. The smallest absolute Gasteiger partial charge is 0.0984 e. The third-order valence-corrected chi connectivity index (χ3v) is 9.66. The van der Waals surface area contributed by atoms with E-state index in [0.29, 0.717) is 5.56 Å². The van der Waals surface area contributed by atoms with Crippen LogP contribution in [-0.2, 0) is 25.5 Å². The molecule has 0 spiro atoms. The molecule has 0 atom stereocenters. The molecule has 4 heteroatoms. The fourth-order valence-electron chi connectivity index (χ4n) is 7.32. The van der Waals surface area contributed by atoms with Gasteiger partial charge in [0.1, 0.15) is 0 Å². The number of aromatic nitrogens is 2. The van der Waals surface area contributed by atoms with Crippen LogP contribution >= 0.6 is 0 Å². The second-order valence-electron chi connectivity index (χ2n) is 13.2. The number of hydrogen-bond donors (Lipinski definition) is 0. The van der Waals surface area contributed by atoms with Gasteiger partial charge in [0, 0.05) is 38.1 Å². The molecule has 0 saturated heterocycles. The Bertz CT molecular complexity index is 2490. The number of nitrogens with zero attached hydrogens (tertiary/aromatic N) is 3. The number of pyridine rings is 2. The van der Waals surface area contributed by atoms with E-state index in [1.807, 2.05) is 42.6 Å². The summed E-state index contributed by atoms with van der Waals surface area (Å²) in [4.78, 5) is 9.08. The third kappa shape index (κ3) is 6.49. The van der Waals surface area contributed by atoms with Gasteiger partial charge in [-0.1, -0.05) is 129 Å². The summed E-state index contributed by atoms with van der Waals surface area (Å²) in [6.07, 6.45) is 3.56. The molecule has 6 aromatic carbocycles. The maximum atomic E-state index is 9.28. The van der Waals surface area contributed by atoms with Gasteiger partial charge in [-0.2, -0.15) is 5.26 Å². The van der Waals surface area contributed by atoms with Crippen LogP contribution in [0, 0.1) is 23.5 Å². The van der Waals surface area contributed by atoms with Gasteiger partial charge in [0.2, 0.25) is 0 Å². The van der Waals surface area contributed by atoms with Crippen molar-refractivity contribution >= 4 is 10.8 Å². The number of benzene rings is 6. The van der Waals surface area contributed by atoms with E-state index in [1.54, 1.807) is 12.3 Å². The quantitative estimate of drug-likeness (QED) is 0.166. The van der Waals surface area contributed by atoms with E-state index in [4.69, 9.17) is 0 Å². The standard InChI is InChI=1S/C25H17N2.C23H16N.Ir/c1-25(2)23-18-7-4-3-6-17(18)10-11-20(23)19-8-5-9-21(24(19)25)22-14-16(15-26)12-13-27-22;1-3-8-18(9-4-1)20-12-7-13-22(16-20)23-17-21(14-15-24-23)19-10-5-2-6-11-19;/h3-8,10-14H,1-2H3;1-12,14-17H;/q2*-1;. The molecule has 8 aromatic rings. The van der Waals surface area contributed by atoms with Crippen LogP contribution in [0.1, 0.15) is 30.5 Å². The number of fused-ring (bicyclic) bond motifs is 5. The minimum absolute atomic E-state index is 0. The molecule has 52 heavy (non-hydrogen) atoms. The molecule has 3 nitrogen and oxygen atoms in total.